The Kier molecular flexibility index (Phi) is 10.9. The van der Waals surface area contributed by atoms with Crippen molar-refractivity contribution in [1.82, 2.24) is 5.78 Å². The van der Waals surface area contributed by atoms with Crippen molar-refractivity contribution >= 4 is 34.0 Å². The summed E-state index contributed by atoms with van der Waals surface area (Å²) >= 11 is -0.519. The van der Waals surface area contributed by atoms with Crippen molar-refractivity contribution < 1.29 is 23.5 Å². The molecule has 2 heterocycles. The molecular weight excluding hydrogens is 486 g/mol. The maximum absolute atomic E-state index is 2.83. The molecule has 0 aromatic carbocycles. The Hall–Kier alpha value is 1.75. The van der Waals surface area contributed by atoms with Crippen LogP contribution in [0.1, 0.15) is 38.5 Å². The van der Waals surface area contributed by atoms with Gasteiger partial charge in [-0.2, -0.15) is 0 Å². The summed E-state index contributed by atoms with van der Waals surface area (Å²) in [6.07, 6.45) is 8.86. The van der Waals surface area contributed by atoms with E-state index in [-0.39, 0.29) is 34.0 Å². The molecule has 0 unspecified atom stereocenters. The van der Waals surface area contributed by atoms with E-state index in [1.165, 1.54) is 64.7 Å². The molecule has 0 aromatic rings. The van der Waals surface area contributed by atoms with Crippen molar-refractivity contribution in [3.63, 3.8) is 0 Å². The number of hydrogen-bond donors (Lipinski definition) is 0. The quantitative estimate of drug-likeness (QED) is 0.530. The Bertz CT molecular complexity index is 132. The third-order valence-corrected chi connectivity index (χ3v) is 8.24. The van der Waals surface area contributed by atoms with Crippen molar-refractivity contribution in [2.24, 2.45) is 0 Å². The molecule has 0 radical (unpaired) electrons. The first-order valence-corrected chi connectivity index (χ1v) is 8.93. The molecule has 0 aromatic heterocycles. The summed E-state index contributed by atoms with van der Waals surface area (Å²) in [5.74, 6) is 0. The number of hydrogen-bond acceptors (Lipinski definition) is 2. The van der Waals surface area contributed by atoms with Crippen LogP contribution < -0.4 is 0 Å². The van der Waals surface area contributed by atoms with Crippen LogP contribution in [0.4, 0.5) is 0 Å². The first-order valence-electron chi connectivity index (χ1n) is 5.71. The third kappa shape index (κ3) is 6.29. The number of rotatable bonds is 2. The van der Waals surface area contributed by atoms with Crippen LogP contribution in [0.15, 0.2) is 0 Å². The summed E-state index contributed by atoms with van der Waals surface area (Å²) in [6, 6.07) is 0. The van der Waals surface area contributed by atoms with Gasteiger partial charge in [-0.05, 0) is 0 Å². The summed E-state index contributed by atoms with van der Waals surface area (Å²) in [7, 11) is 0. The van der Waals surface area contributed by atoms with E-state index in [0.29, 0.717) is 0 Å². The first-order chi connectivity index (χ1) is 6.45. The van der Waals surface area contributed by atoms with Crippen molar-refractivity contribution in [3.8, 4) is 0 Å². The van der Waals surface area contributed by atoms with E-state index >= 15 is 0 Å². The molecule has 0 N–H and O–H groups in total. The predicted molar refractivity (Wildman–Crippen MR) is 71.5 cm³/mol. The predicted octanol–water partition coefficient (Wildman–Crippen LogP) is 3.03. The molecular formula is C10H22Br2HfN2. The van der Waals surface area contributed by atoms with Gasteiger partial charge in [0.05, 0.1) is 0 Å². The fourth-order valence-electron chi connectivity index (χ4n) is 2.19. The fraction of sp³-hybridized carbons (Fsp3) is 1.00. The second-order valence-corrected chi connectivity index (χ2v) is 9.46. The molecule has 2 aliphatic rings. The monoisotopic (exact) mass is 508 g/mol. The van der Waals surface area contributed by atoms with Gasteiger partial charge < -0.3 is 0 Å². The SMILES string of the molecule is Br.Br.C1CC[N]([Hf][N]2CCCCC2)CC1. The minimum atomic E-state index is -0.519. The molecule has 5 heteroatoms. The molecule has 0 saturated carbocycles. The van der Waals surface area contributed by atoms with Gasteiger partial charge in [0.2, 0.25) is 0 Å². The summed E-state index contributed by atoms with van der Waals surface area (Å²) < 4.78 is 5.66. The zero-order valence-electron chi connectivity index (χ0n) is 9.28. The summed E-state index contributed by atoms with van der Waals surface area (Å²) in [4.78, 5) is 0. The Morgan fingerprint density at radius 1 is 0.533 bits per heavy atom. The average molecular weight is 509 g/mol. The van der Waals surface area contributed by atoms with Crippen LogP contribution in [0, 0.1) is 0 Å². The van der Waals surface area contributed by atoms with E-state index in [4.69, 9.17) is 0 Å². The van der Waals surface area contributed by atoms with Crippen LogP contribution in [-0.2, 0) is 23.5 Å². The molecule has 0 spiro atoms. The number of halogens is 2. The van der Waals surface area contributed by atoms with Gasteiger partial charge in [-0.15, -0.1) is 34.0 Å². The van der Waals surface area contributed by atoms with Crippen LogP contribution >= 0.6 is 34.0 Å². The van der Waals surface area contributed by atoms with Crippen molar-refractivity contribution in [3.05, 3.63) is 0 Å². The van der Waals surface area contributed by atoms with Crippen LogP contribution in [0.5, 0.6) is 0 Å². The molecule has 2 nitrogen and oxygen atoms in total. The van der Waals surface area contributed by atoms with Gasteiger partial charge >= 0.3 is 94.0 Å². The van der Waals surface area contributed by atoms with E-state index in [1.807, 2.05) is 0 Å². The second-order valence-electron chi connectivity index (χ2n) is 4.20. The minimum absolute atomic E-state index is 0. The van der Waals surface area contributed by atoms with Gasteiger partial charge in [0.15, 0.2) is 0 Å². The van der Waals surface area contributed by atoms with Gasteiger partial charge in [-0.3, -0.25) is 0 Å². The number of piperidine rings is 2. The molecule has 2 saturated heterocycles. The van der Waals surface area contributed by atoms with Crippen LogP contribution in [-0.4, -0.2) is 32.0 Å². The van der Waals surface area contributed by atoms with Crippen molar-refractivity contribution in [2.45, 2.75) is 38.5 Å². The summed E-state index contributed by atoms with van der Waals surface area (Å²) in [6.45, 7) is 5.72. The zero-order chi connectivity index (χ0) is 8.93. The molecule has 0 atom stereocenters. The van der Waals surface area contributed by atoms with Crippen LogP contribution in [0.25, 0.3) is 0 Å². The molecule has 2 rings (SSSR count). The summed E-state index contributed by atoms with van der Waals surface area (Å²) in [5, 5.41) is 0. The Morgan fingerprint density at radius 3 is 1.20 bits per heavy atom. The Morgan fingerprint density at radius 2 is 0.867 bits per heavy atom. The van der Waals surface area contributed by atoms with E-state index in [0.717, 1.165) is 0 Å². The molecule has 2 aliphatic heterocycles. The van der Waals surface area contributed by atoms with Gasteiger partial charge in [-0.1, -0.05) is 0 Å². The van der Waals surface area contributed by atoms with E-state index in [1.54, 1.807) is 0 Å². The van der Waals surface area contributed by atoms with Gasteiger partial charge in [0.1, 0.15) is 0 Å². The standard InChI is InChI=1S/2C5H10N.2BrH.Hf/c2*1-2-4-6-5-3-1;;;/h2*1-5H2;2*1H;/q2*-1;;;+2. The topological polar surface area (TPSA) is 6.48 Å². The van der Waals surface area contributed by atoms with E-state index in [2.05, 4.69) is 5.78 Å². The van der Waals surface area contributed by atoms with Gasteiger partial charge in [-0.25, -0.2) is 0 Å². The van der Waals surface area contributed by atoms with E-state index < -0.39 is 23.5 Å². The first kappa shape index (κ1) is 16.8. The van der Waals surface area contributed by atoms with Crippen LogP contribution in [0.3, 0.4) is 0 Å². The van der Waals surface area contributed by atoms with Gasteiger partial charge in [0, 0.05) is 0 Å². The number of nitrogens with zero attached hydrogens (tertiary/aromatic N) is 2. The van der Waals surface area contributed by atoms with E-state index in [9.17, 15) is 0 Å². The summed E-state index contributed by atoms with van der Waals surface area (Å²) in [5.41, 5.74) is 0. The Labute approximate surface area is 127 Å². The van der Waals surface area contributed by atoms with Crippen molar-refractivity contribution in [1.29, 1.82) is 0 Å². The molecule has 0 bridgehead atoms. The second kappa shape index (κ2) is 9.75. The van der Waals surface area contributed by atoms with Gasteiger partial charge in [0.25, 0.3) is 0 Å². The van der Waals surface area contributed by atoms with Crippen molar-refractivity contribution in [2.75, 3.05) is 26.2 Å². The molecule has 0 aliphatic carbocycles. The third-order valence-electron chi connectivity index (χ3n) is 2.99. The Balaban J connectivity index is 0.000000980. The molecule has 2 fully saturated rings. The fourth-order valence-corrected chi connectivity index (χ4v) is 7.33. The molecule has 0 amide bonds. The maximum atomic E-state index is 2.83. The molecule has 15 heavy (non-hydrogen) atoms. The molecule has 90 valence electrons. The average Bonchev–Trinajstić information content (AvgIpc) is 2.21. The normalized spacial score (nSPS) is 23.7. The van der Waals surface area contributed by atoms with Crippen LogP contribution in [0.2, 0.25) is 0 Å². The zero-order valence-corrected chi connectivity index (χ0v) is 16.3.